The number of rotatable bonds is 7. The van der Waals surface area contributed by atoms with E-state index in [0.717, 1.165) is 27.9 Å². The van der Waals surface area contributed by atoms with Crippen LogP contribution >= 0.6 is 0 Å². The molecule has 7 heteroatoms. The highest BCUT2D eigenvalue weighted by Crippen LogP contribution is 2.33. The summed E-state index contributed by atoms with van der Waals surface area (Å²) in [7, 11) is 0. The van der Waals surface area contributed by atoms with Gasteiger partial charge in [0.15, 0.2) is 11.5 Å². The number of benzene rings is 2. The van der Waals surface area contributed by atoms with Crippen LogP contribution in [0.5, 0.6) is 11.5 Å². The average Bonchev–Trinajstić information content (AvgIpc) is 3.38. The van der Waals surface area contributed by atoms with E-state index in [4.69, 9.17) is 14.2 Å². The molecule has 0 atom stereocenters. The highest BCUT2D eigenvalue weighted by Gasteiger charge is 2.25. The lowest BCUT2D eigenvalue weighted by Crippen LogP contribution is -2.30. The minimum Gasteiger partial charge on any atom is -0.461 e. The Bertz CT molecular complexity index is 1180. The van der Waals surface area contributed by atoms with Gasteiger partial charge in [-0.05, 0) is 62.6 Å². The second-order valence-electron chi connectivity index (χ2n) is 8.16. The van der Waals surface area contributed by atoms with Crippen LogP contribution in [-0.2, 0) is 17.8 Å². The molecule has 0 saturated heterocycles. The Morgan fingerprint density at radius 1 is 1.00 bits per heavy atom. The van der Waals surface area contributed by atoms with E-state index >= 15 is 0 Å². The molecular weight excluding hydrogens is 420 g/mol. The number of carbonyl (C=O) groups excluding carboxylic acids is 2. The van der Waals surface area contributed by atoms with Gasteiger partial charge in [-0.25, -0.2) is 4.79 Å². The van der Waals surface area contributed by atoms with Gasteiger partial charge in [0, 0.05) is 24.3 Å². The Morgan fingerprint density at radius 2 is 1.73 bits per heavy atom. The fraction of sp³-hybridized carbons (Fsp3) is 0.308. The summed E-state index contributed by atoms with van der Waals surface area (Å²) >= 11 is 0. The fourth-order valence-corrected chi connectivity index (χ4v) is 3.95. The smallest absolute Gasteiger partial charge is 0.355 e. The molecule has 0 spiro atoms. The normalized spacial score (nSPS) is 12.0. The molecular formula is C26H28N2O5. The molecule has 0 aliphatic carbocycles. The first kappa shape index (κ1) is 22.5. The van der Waals surface area contributed by atoms with Crippen molar-refractivity contribution < 1.29 is 23.8 Å². The predicted octanol–water partition coefficient (Wildman–Crippen LogP) is 4.69. The van der Waals surface area contributed by atoms with Crippen LogP contribution in [0.4, 0.5) is 0 Å². The number of fused-ring (bicyclic) bond motifs is 1. The Kier molecular flexibility index (Phi) is 6.40. The molecule has 3 aromatic rings. The minimum atomic E-state index is -0.392. The molecule has 1 aliphatic heterocycles. The van der Waals surface area contributed by atoms with Crippen LogP contribution in [0, 0.1) is 20.8 Å². The number of amides is 1. The zero-order chi connectivity index (χ0) is 23.5. The maximum atomic E-state index is 13.6. The summed E-state index contributed by atoms with van der Waals surface area (Å²) in [6.45, 7) is 8.80. The molecule has 7 nitrogen and oxygen atoms in total. The van der Waals surface area contributed by atoms with E-state index in [1.165, 1.54) is 0 Å². The first-order valence-electron chi connectivity index (χ1n) is 11.0. The Balaban J connectivity index is 1.67. The first-order chi connectivity index (χ1) is 15.9. The third-order valence-corrected chi connectivity index (χ3v) is 5.82. The molecule has 2 aromatic carbocycles. The second-order valence-corrected chi connectivity index (χ2v) is 8.16. The monoisotopic (exact) mass is 448 g/mol. The molecule has 172 valence electrons. The number of nitrogens with one attached hydrogen (secondary N) is 1. The summed E-state index contributed by atoms with van der Waals surface area (Å²) in [6, 6.07) is 13.3. The van der Waals surface area contributed by atoms with Crippen molar-refractivity contribution in [3.8, 4) is 11.5 Å². The van der Waals surface area contributed by atoms with Gasteiger partial charge in [0.1, 0.15) is 5.69 Å². The molecule has 0 fully saturated rings. The van der Waals surface area contributed by atoms with E-state index in [-0.39, 0.29) is 12.7 Å². The number of carbonyl (C=O) groups is 2. The summed E-state index contributed by atoms with van der Waals surface area (Å²) in [6.07, 6.45) is 0. The van der Waals surface area contributed by atoms with Gasteiger partial charge >= 0.3 is 5.97 Å². The van der Waals surface area contributed by atoms with E-state index in [0.29, 0.717) is 42.5 Å². The molecule has 4 rings (SSSR count). The number of aromatic amines is 1. The van der Waals surface area contributed by atoms with E-state index in [1.807, 2.05) is 45.0 Å². The van der Waals surface area contributed by atoms with Crippen molar-refractivity contribution in [2.75, 3.05) is 13.4 Å². The van der Waals surface area contributed by atoms with Crippen LogP contribution in [-0.4, -0.2) is 35.2 Å². The van der Waals surface area contributed by atoms with Crippen LogP contribution in [0.2, 0.25) is 0 Å². The predicted molar refractivity (Wildman–Crippen MR) is 124 cm³/mol. The molecule has 2 heterocycles. The molecule has 1 aliphatic rings. The fourth-order valence-electron chi connectivity index (χ4n) is 3.95. The van der Waals surface area contributed by atoms with Crippen molar-refractivity contribution >= 4 is 11.9 Å². The number of ether oxygens (including phenoxy) is 3. The minimum absolute atomic E-state index is 0.133. The van der Waals surface area contributed by atoms with Crippen LogP contribution in [0.25, 0.3) is 0 Å². The molecule has 1 aromatic heterocycles. The van der Waals surface area contributed by atoms with Crippen LogP contribution < -0.4 is 9.47 Å². The summed E-state index contributed by atoms with van der Waals surface area (Å²) in [5.74, 6) is 0.672. The zero-order valence-corrected chi connectivity index (χ0v) is 19.4. The molecule has 0 saturated carbocycles. The number of aromatic nitrogens is 1. The lowest BCUT2D eigenvalue weighted by atomic mass is 10.1. The van der Waals surface area contributed by atoms with E-state index in [1.54, 1.807) is 30.0 Å². The van der Waals surface area contributed by atoms with Crippen LogP contribution in [0.1, 0.15) is 55.7 Å². The van der Waals surface area contributed by atoms with Gasteiger partial charge < -0.3 is 24.1 Å². The second kappa shape index (κ2) is 9.40. The number of nitrogens with zero attached hydrogens (tertiary/aromatic N) is 1. The Hall–Kier alpha value is -3.74. The summed E-state index contributed by atoms with van der Waals surface area (Å²) < 4.78 is 16.0. The lowest BCUT2D eigenvalue weighted by molar-refractivity contribution is 0.0519. The number of esters is 1. The van der Waals surface area contributed by atoms with E-state index in [9.17, 15) is 9.59 Å². The topological polar surface area (TPSA) is 80.9 Å². The van der Waals surface area contributed by atoms with Gasteiger partial charge in [-0.2, -0.15) is 0 Å². The van der Waals surface area contributed by atoms with Crippen molar-refractivity contribution in [1.29, 1.82) is 0 Å². The quantitative estimate of drug-likeness (QED) is 0.531. The van der Waals surface area contributed by atoms with Crippen molar-refractivity contribution in [3.63, 3.8) is 0 Å². The van der Waals surface area contributed by atoms with Crippen molar-refractivity contribution in [1.82, 2.24) is 9.88 Å². The highest BCUT2D eigenvalue weighted by molar-refractivity contribution is 5.95. The van der Waals surface area contributed by atoms with Gasteiger partial charge in [-0.15, -0.1) is 0 Å². The van der Waals surface area contributed by atoms with Gasteiger partial charge in [-0.3, -0.25) is 4.79 Å². The number of aryl methyl sites for hydroxylation is 2. The lowest BCUT2D eigenvalue weighted by Gasteiger charge is -2.24. The molecule has 1 N–H and O–H groups in total. The SMILES string of the molecule is CCOC(=O)c1[nH]c(C)c(CN(Cc2ccc(C)cc2)C(=O)c2ccc3c(c2)OCO3)c1C. The van der Waals surface area contributed by atoms with Crippen molar-refractivity contribution in [3.05, 3.63) is 81.7 Å². The molecule has 0 radical (unpaired) electrons. The van der Waals surface area contributed by atoms with Crippen molar-refractivity contribution in [2.24, 2.45) is 0 Å². The zero-order valence-electron chi connectivity index (χ0n) is 19.4. The van der Waals surface area contributed by atoms with Crippen LogP contribution in [0.3, 0.4) is 0 Å². The highest BCUT2D eigenvalue weighted by atomic mass is 16.7. The van der Waals surface area contributed by atoms with Gasteiger partial charge in [0.25, 0.3) is 5.91 Å². The Morgan fingerprint density at radius 3 is 2.45 bits per heavy atom. The summed E-state index contributed by atoms with van der Waals surface area (Å²) in [5, 5.41) is 0. The van der Waals surface area contributed by atoms with Gasteiger partial charge in [-0.1, -0.05) is 29.8 Å². The number of hydrogen-bond acceptors (Lipinski definition) is 5. The third kappa shape index (κ3) is 4.72. The average molecular weight is 449 g/mol. The van der Waals surface area contributed by atoms with Gasteiger partial charge in [0.2, 0.25) is 6.79 Å². The molecule has 1 amide bonds. The van der Waals surface area contributed by atoms with E-state index in [2.05, 4.69) is 4.98 Å². The Labute approximate surface area is 193 Å². The number of H-pyrrole nitrogens is 1. The largest absolute Gasteiger partial charge is 0.461 e. The maximum Gasteiger partial charge on any atom is 0.355 e. The van der Waals surface area contributed by atoms with Crippen molar-refractivity contribution in [2.45, 2.75) is 40.8 Å². The maximum absolute atomic E-state index is 13.6. The number of hydrogen-bond donors (Lipinski definition) is 1. The molecule has 33 heavy (non-hydrogen) atoms. The van der Waals surface area contributed by atoms with Gasteiger partial charge in [0.05, 0.1) is 6.61 Å². The first-order valence-corrected chi connectivity index (χ1v) is 11.0. The standard InChI is InChI=1S/C26H28N2O5/c1-5-31-26(30)24-17(3)21(18(4)27-24)14-28(13-19-8-6-16(2)7-9-19)25(29)20-10-11-22-23(12-20)33-15-32-22/h6-12,27H,5,13-15H2,1-4H3. The molecule has 0 bridgehead atoms. The molecule has 0 unspecified atom stereocenters. The van der Waals surface area contributed by atoms with Crippen LogP contribution in [0.15, 0.2) is 42.5 Å². The summed E-state index contributed by atoms with van der Waals surface area (Å²) in [4.78, 5) is 30.9. The summed E-state index contributed by atoms with van der Waals surface area (Å²) in [5.41, 5.74) is 5.65. The van der Waals surface area contributed by atoms with E-state index < -0.39 is 5.97 Å². The third-order valence-electron chi connectivity index (χ3n) is 5.82.